The maximum Gasteiger partial charge on any atom is 0.407 e. The Morgan fingerprint density at radius 3 is 1.41 bits per heavy atom. The number of alkyl carbamates (subject to hydrolysis) is 1. The van der Waals surface area contributed by atoms with E-state index in [2.05, 4.69) is 5.32 Å². The van der Waals surface area contributed by atoms with Gasteiger partial charge in [-0.3, -0.25) is 33.6 Å². The molecule has 0 radical (unpaired) electrons. The predicted molar refractivity (Wildman–Crippen MR) is 212 cm³/mol. The number of carbonyl (C=O) groups is 8. The minimum atomic E-state index is -1.84. The van der Waals surface area contributed by atoms with Crippen LogP contribution in [0.5, 0.6) is 0 Å². The third kappa shape index (κ3) is 13.0. The van der Waals surface area contributed by atoms with Crippen molar-refractivity contribution in [2.45, 2.75) is 116 Å². The van der Waals surface area contributed by atoms with Crippen molar-refractivity contribution in [1.82, 2.24) is 5.32 Å². The van der Waals surface area contributed by atoms with Gasteiger partial charge in [0.1, 0.15) is 38.1 Å². The first-order chi connectivity index (χ1) is 30.4. The fraction of sp³-hybridized carbons (Fsp3) is 0.535. The largest absolute Gasteiger partial charge is 0.463 e. The van der Waals surface area contributed by atoms with Crippen LogP contribution in [0.25, 0.3) is 11.1 Å². The van der Waals surface area contributed by atoms with Gasteiger partial charge in [0.05, 0.1) is 6.61 Å². The molecule has 2 aliphatic heterocycles. The SMILES string of the molecule is CC(=O)OC[C@H]1O[C@@H](O[C@H]2[C@H](OC(C)=O)[C@@H](OC(C)=O)[C@H](OCCNC(=O)OCC3c4ccccc4-c4ccccc43)O[C@@H]2COC(C)=O)[C@H](OC(C)=O)[C@@H](OC(C)=O)[C@H]1OC(C)=O. The molecule has 348 valence electrons. The lowest BCUT2D eigenvalue weighted by Crippen LogP contribution is -2.67. The van der Waals surface area contributed by atoms with E-state index in [9.17, 15) is 38.4 Å². The molecule has 0 aromatic heterocycles. The van der Waals surface area contributed by atoms with E-state index in [1.807, 2.05) is 48.5 Å². The Bertz CT molecular complexity index is 1990. The highest BCUT2D eigenvalue weighted by molar-refractivity contribution is 5.79. The zero-order valence-electron chi connectivity index (χ0n) is 36.2. The minimum absolute atomic E-state index is 0.0455. The zero-order chi connectivity index (χ0) is 46.7. The molecule has 2 aromatic rings. The smallest absolute Gasteiger partial charge is 0.407 e. The van der Waals surface area contributed by atoms with Gasteiger partial charge in [0.2, 0.25) is 0 Å². The monoisotopic (exact) mass is 901 g/mol. The standard InChI is InChI=1S/C43H51NO20/c1-21(45)54-19-33-35(57-23(3)47)37(58-24(4)48)40(61-27(7)51)42(63-33)64-36-34(20-55-22(2)46)62-41(39(60-26(6)50)38(36)59-25(5)49)53-17-16-44-43(52)56-18-32-30-14-10-8-12-28(30)29-13-9-11-15-31(29)32/h8-15,32-42H,16-20H2,1-7H3,(H,44,52)/t33-,34-,35+,36-,37+,38+,39-,40-,41-,42+/m1/s1. The number of amides is 1. The summed E-state index contributed by atoms with van der Waals surface area (Å²) in [6.07, 6.45) is -16.9. The van der Waals surface area contributed by atoms with Crippen molar-refractivity contribution in [3.05, 3.63) is 59.7 Å². The Balaban J connectivity index is 1.37. The van der Waals surface area contributed by atoms with Crippen molar-refractivity contribution < 1.29 is 95.2 Å². The molecule has 2 fully saturated rings. The molecule has 10 atom stereocenters. The molecule has 0 saturated carbocycles. The molecule has 3 aliphatic rings. The zero-order valence-corrected chi connectivity index (χ0v) is 36.2. The first-order valence-corrected chi connectivity index (χ1v) is 20.2. The Labute approximate surface area is 367 Å². The summed E-state index contributed by atoms with van der Waals surface area (Å²) in [5.74, 6) is -6.27. The van der Waals surface area contributed by atoms with Gasteiger partial charge >= 0.3 is 47.9 Å². The Morgan fingerprint density at radius 2 is 0.906 bits per heavy atom. The summed E-state index contributed by atoms with van der Waals surface area (Å²) >= 11 is 0. The maximum atomic E-state index is 12.9. The molecule has 0 bridgehead atoms. The average molecular weight is 902 g/mol. The highest BCUT2D eigenvalue weighted by atomic mass is 16.8. The van der Waals surface area contributed by atoms with Crippen molar-refractivity contribution >= 4 is 47.9 Å². The van der Waals surface area contributed by atoms with Crippen molar-refractivity contribution in [3.8, 4) is 11.1 Å². The lowest BCUT2D eigenvalue weighted by Gasteiger charge is -2.48. The molecule has 5 rings (SSSR count). The van der Waals surface area contributed by atoms with Gasteiger partial charge in [0, 0.05) is 60.9 Å². The second-order valence-electron chi connectivity index (χ2n) is 14.8. The van der Waals surface area contributed by atoms with Crippen LogP contribution in [-0.4, -0.2) is 142 Å². The van der Waals surface area contributed by atoms with E-state index in [-0.39, 0.29) is 25.7 Å². The van der Waals surface area contributed by atoms with Gasteiger partial charge < -0.3 is 62.2 Å². The van der Waals surface area contributed by atoms with E-state index < -0.39 is 123 Å². The normalized spacial score (nSPS) is 25.9. The van der Waals surface area contributed by atoms with Crippen LogP contribution in [0, 0.1) is 0 Å². The van der Waals surface area contributed by atoms with E-state index in [1.165, 1.54) is 0 Å². The van der Waals surface area contributed by atoms with Gasteiger partial charge in [0.25, 0.3) is 0 Å². The van der Waals surface area contributed by atoms with Crippen LogP contribution in [-0.2, 0) is 90.4 Å². The highest BCUT2D eigenvalue weighted by Crippen LogP contribution is 2.44. The topological polar surface area (TPSA) is 259 Å². The van der Waals surface area contributed by atoms with E-state index in [0.29, 0.717) is 0 Å². The second kappa shape index (κ2) is 22.5. The predicted octanol–water partition coefficient (Wildman–Crippen LogP) is 2.16. The average Bonchev–Trinajstić information content (AvgIpc) is 3.53. The van der Waals surface area contributed by atoms with Gasteiger partial charge in [-0.1, -0.05) is 48.5 Å². The third-order valence-corrected chi connectivity index (χ3v) is 9.88. The van der Waals surface area contributed by atoms with Gasteiger partial charge in [-0.05, 0) is 22.3 Å². The molecule has 64 heavy (non-hydrogen) atoms. The molecule has 1 N–H and O–H groups in total. The summed E-state index contributed by atoms with van der Waals surface area (Å²) in [4.78, 5) is 99.4. The molecule has 0 unspecified atom stereocenters. The summed E-state index contributed by atoms with van der Waals surface area (Å²) in [5, 5.41) is 2.60. The van der Waals surface area contributed by atoms with Crippen LogP contribution < -0.4 is 5.32 Å². The Kier molecular flexibility index (Phi) is 17.1. The number of carbonyl (C=O) groups excluding carboxylic acids is 8. The van der Waals surface area contributed by atoms with Crippen LogP contribution in [0.1, 0.15) is 65.5 Å². The fourth-order valence-electron chi connectivity index (χ4n) is 7.58. The molecular weight excluding hydrogens is 850 g/mol. The van der Waals surface area contributed by atoms with E-state index in [4.69, 9.17) is 56.8 Å². The molecule has 21 heteroatoms. The molecule has 2 saturated heterocycles. The lowest BCUT2D eigenvalue weighted by atomic mass is 9.96. The summed E-state index contributed by atoms with van der Waals surface area (Å²) in [6, 6.07) is 15.7. The van der Waals surface area contributed by atoms with E-state index in [0.717, 1.165) is 70.7 Å². The number of hydrogen-bond donors (Lipinski definition) is 1. The van der Waals surface area contributed by atoms with Crippen LogP contribution >= 0.6 is 0 Å². The summed E-state index contributed by atoms with van der Waals surface area (Å²) in [7, 11) is 0. The molecule has 21 nitrogen and oxygen atoms in total. The van der Waals surface area contributed by atoms with E-state index in [1.54, 1.807) is 0 Å². The quantitative estimate of drug-likeness (QED) is 0.135. The number of rotatable bonds is 17. The fourth-order valence-corrected chi connectivity index (χ4v) is 7.58. The van der Waals surface area contributed by atoms with Gasteiger partial charge in [-0.2, -0.15) is 0 Å². The number of ether oxygens (including phenoxy) is 12. The molecule has 2 aromatic carbocycles. The minimum Gasteiger partial charge on any atom is -0.463 e. The first-order valence-electron chi connectivity index (χ1n) is 20.2. The number of nitrogens with one attached hydrogen (secondary N) is 1. The first kappa shape index (κ1) is 48.9. The number of hydrogen-bond acceptors (Lipinski definition) is 20. The summed E-state index contributed by atoms with van der Waals surface area (Å²) in [6.45, 7) is 5.79. The molecule has 2 heterocycles. The van der Waals surface area contributed by atoms with Crippen molar-refractivity contribution in [2.24, 2.45) is 0 Å². The van der Waals surface area contributed by atoms with E-state index >= 15 is 0 Å². The van der Waals surface area contributed by atoms with Crippen LogP contribution in [0.4, 0.5) is 4.79 Å². The Hall–Kier alpha value is -6.16. The third-order valence-electron chi connectivity index (χ3n) is 9.88. The van der Waals surface area contributed by atoms with Crippen LogP contribution in [0.15, 0.2) is 48.5 Å². The molecule has 1 amide bonds. The summed E-state index contributed by atoms with van der Waals surface area (Å²) < 4.78 is 68.3. The summed E-state index contributed by atoms with van der Waals surface area (Å²) in [5.41, 5.74) is 4.15. The number of benzene rings is 2. The number of fused-ring (bicyclic) bond motifs is 3. The van der Waals surface area contributed by atoms with Gasteiger partial charge in [-0.15, -0.1) is 0 Å². The van der Waals surface area contributed by atoms with Crippen molar-refractivity contribution in [1.29, 1.82) is 0 Å². The number of esters is 7. The molecule has 1 aliphatic carbocycles. The molecule has 0 spiro atoms. The Morgan fingerprint density at radius 1 is 0.484 bits per heavy atom. The van der Waals surface area contributed by atoms with Crippen LogP contribution in [0.2, 0.25) is 0 Å². The van der Waals surface area contributed by atoms with Gasteiger partial charge in [-0.25, -0.2) is 4.79 Å². The lowest BCUT2D eigenvalue weighted by molar-refractivity contribution is -0.361. The van der Waals surface area contributed by atoms with Crippen molar-refractivity contribution in [3.63, 3.8) is 0 Å². The maximum absolute atomic E-state index is 12.9. The highest BCUT2D eigenvalue weighted by Gasteiger charge is 2.57. The molecular formula is C43H51NO20. The second-order valence-corrected chi connectivity index (χ2v) is 14.8. The van der Waals surface area contributed by atoms with Crippen LogP contribution in [0.3, 0.4) is 0 Å². The van der Waals surface area contributed by atoms with Crippen molar-refractivity contribution in [2.75, 3.05) is 33.0 Å². The van der Waals surface area contributed by atoms with Gasteiger partial charge in [0.15, 0.2) is 43.1 Å².